The minimum Gasteiger partial charge on any atom is -0.394 e. The quantitative estimate of drug-likeness (QED) is 0.424. The summed E-state index contributed by atoms with van der Waals surface area (Å²) in [4.78, 5) is 13.2. The van der Waals surface area contributed by atoms with E-state index in [1.54, 1.807) is 19.0 Å². The number of hydrogen-bond donors (Lipinski definition) is 3. The maximum atomic E-state index is 9.64. The lowest BCUT2D eigenvalue weighted by Gasteiger charge is -2.21. The molecule has 1 fully saturated rings. The maximum absolute atomic E-state index is 9.64. The van der Waals surface area contributed by atoms with Crippen LogP contribution in [-0.2, 0) is 4.74 Å². The zero-order valence-electron chi connectivity index (χ0n) is 11.7. The van der Waals surface area contributed by atoms with E-state index in [9.17, 15) is 5.11 Å². The van der Waals surface area contributed by atoms with Crippen LogP contribution in [0.4, 0.5) is 0 Å². The van der Waals surface area contributed by atoms with Crippen LogP contribution in [0.1, 0.15) is 6.42 Å². The van der Waals surface area contributed by atoms with Crippen molar-refractivity contribution in [2.45, 2.75) is 24.9 Å². The van der Waals surface area contributed by atoms with E-state index in [0.717, 1.165) is 0 Å². The van der Waals surface area contributed by atoms with Crippen molar-refractivity contribution in [3.8, 4) is 0 Å². The fourth-order valence-electron chi connectivity index (χ4n) is 1.63. The third-order valence-electron chi connectivity index (χ3n) is 2.84. The van der Waals surface area contributed by atoms with Crippen LogP contribution >= 0.6 is 0 Å². The van der Waals surface area contributed by atoms with Gasteiger partial charge in [-0.25, -0.2) is 9.98 Å². The van der Waals surface area contributed by atoms with Gasteiger partial charge < -0.3 is 25.6 Å². The van der Waals surface area contributed by atoms with Crippen molar-refractivity contribution in [3.63, 3.8) is 0 Å². The molecule has 20 heavy (non-hydrogen) atoms. The highest BCUT2D eigenvalue weighted by atomic mass is 16.5. The maximum Gasteiger partial charge on any atom is 0.150 e. The molecule has 1 heterocycles. The zero-order valence-corrected chi connectivity index (χ0v) is 11.7. The van der Waals surface area contributed by atoms with Gasteiger partial charge in [0, 0.05) is 20.5 Å². The van der Waals surface area contributed by atoms with Crippen LogP contribution in [0, 0.1) is 0 Å². The zero-order chi connectivity index (χ0) is 15.1. The van der Waals surface area contributed by atoms with Gasteiger partial charge in [0.05, 0.1) is 24.7 Å². The van der Waals surface area contributed by atoms with E-state index in [4.69, 9.17) is 15.6 Å². The van der Waals surface area contributed by atoms with Gasteiger partial charge in [0.2, 0.25) is 0 Å². The molecule has 8 nitrogen and oxygen atoms in total. The third kappa shape index (κ3) is 4.41. The number of amidine groups is 1. The summed E-state index contributed by atoms with van der Waals surface area (Å²) in [5.41, 5.74) is 5.93. The third-order valence-corrected chi connectivity index (χ3v) is 2.84. The lowest BCUT2D eigenvalue weighted by atomic mass is 10.2. The number of aliphatic hydroxyl groups excluding tert-OH is 2. The number of nitrogens with two attached hydrogens (primary N) is 1. The first-order valence-corrected chi connectivity index (χ1v) is 6.13. The lowest BCUT2D eigenvalue weighted by molar-refractivity contribution is -0.0515. The standard InChI is InChI=1S/C12H21N5O3/c1-8(12(13)15-6-14-2)16-7-17(3)11-4-9(19)10(5-18)20-11/h6-7,9-11,18-19H,1,4-5H2,2-3H3,(H2,13,14,15)/b16-7-/t9?,10-,11-/m1/s1. The van der Waals surface area contributed by atoms with Crippen LogP contribution < -0.4 is 5.73 Å². The van der Waals surface area contributed by atoms with Crippen LogP contribution in [0.25, 0.3) is 0 Å². The Balaban J connectivity index is 2.56. The Morgan fingerprint density at radius 2 is 2.30 bits per heavy atom. The summed E-state index contributed by atoms with van der Waals surface area (Å²) in [5, 5.41) is 18.7. The second-order valence-corrected chi connectivity index (χ2v) is 4.36. The highest BCUT2D eigenvalue weighted by Gasteiger charge is 2.34. The first-order chi connectivity index (χ1) is 9.49. The van der Waals surface area contributed by atoms with Crippen molar-refractivity contribution < 1.29 is 14.9 Å². The van der Waals surface area contributed by atoms with Gasteiger partial charge in [0.25, 0.3) is 0 Å². The first-order valence-electron chi connectivity index (χ1n) is 6.13. The van der Waals surface area contributed by atoms with E-state index >= 15 is 0 Å². The number of aliphatic hydroxyl groups is 2. The molecule has 0 saturated carbocycles. The van der Waals surface area contributed by atoms with E-state index in [2.05, 4.69) is 21.6 Å². The SMILES string of the molecule is C=C(/N=C\N(C)[C@H]1CC(O)[C@@H](CO)O1)/C(N)=N\C=N/C. The average molecular weight is 283 g/mol. The molecule has 8 heteroatoms. The predicted octanol–water partition coefficient (Wildman–Crippen LogP) is -1.06. The van der Waals surface area contributed by atoms with Gasteiger partial charge in [0.1, 0.15) is 18.7 Å². The van der Waals surface area contributed by atoms with Gasteiger partial charge in [-0.2, -0.15) is 0 Å². The van der Waals surface area contributed by atoms with E-state index in [-0.39, 0.29) is 18.7 Å². The fraction of sp³-hybridized carbons (Fsp3) is 0.583. The molecular weight excluding hydrogens is 262 g/mol. The van der Waals surface area contributed by atoms with E-state index in [0.29, 0.717) is 12.1 Å². The molecule has 0 aromatic carbocycles. The topological polar surface area (TPSA) is 116 Å². The van der Waals surface area contributed by atoms with E-state index < -0.39 is 12.2 Å². The Morgan fingerprint density at radius 1 is 1.60 bits per heavy atom. The number of nitrogens with zero attached hydrogens (tertiary/aromatic N) is 4. The molecule has 0 aromatic rings. The highest BCUT2D eigenvalue weighted by molar-refractivity contribution is 6.00. The second kappa shape index (κ2) is 7.73. The molecule has 1 unspecified atom stereocenters. The molecule has 3 atom stereocenters. The summed E-state index contributed by atoms with van der Waals surface area (Å²) in [6.07, 6.45) is 1.59. The molecule has 0 bridgehead atoms. The van der Waals surface area contributed by atoms with Gasteiger partial charge in [-0.15, -0.1) is 0 Å². The van der Waals surface area contributed by atoms with Crippen molar-refractivity contribution >= 4 is 18.5 Å². The molecule has 0 radical (unpaired) electrons. The minimum atomic E-state index is -0.684. The Labute approximate surface area is 118 Å². The Hall–Kier alpha value is -1.77. The number of rotatable bonds is 6. The molecule has 0 amide bonds. The molecule has 112 valence electrons. The first kappa shape index (κ1) is 16.3. The minimum absolute atomic E-state index is 0.167. The van der Waals surface area contributed by atoms with Crippen molar-refractivity contribution in [1.82, 2.24) is 4.90 Å². The lowest BCUT2D eigenvalue weighted by Crippen LogP contribution is -2.31. The Kier molecular flexibility index (Phi) is 6.29. The molecule has 1 rings (SSSR count). The van der Waals surface area contributed by atoms with E-state index in [1.165, 1.54) is 12.7 Å². The summed E-state index contributed by atoms with van der Waals surface area (Å²) >= 11 is 0. The fourth-order valence-corrected chi connectivity index (χ4v) is 1.63. The molecule has 0 aliphatic carbocycles. The summed E-state index contributed by atoms with van der Waals surface area (Å²) in [6.45, 7) is 3.46. The van der Waals surface area contributed by atoms with Gasteiger partial charge in [0.15, 0.2) is 5.84 Å². The van der Waals surface area contributed by atoms with Gasteiger partial charge >= 0.3 is 0 Å². The monoisotopic (exact) mass is 283 g/mol. The molecule has 4 N–H and O–H groups in total. The van der Waals surface area contributed by atoms with Crippen LogP contribution in [0.2, 0.25) is 0 Å². The van der Waals surface area contributed by atoms with Crippen LogP contribution in [0.5, 0.6) is 0 Å². The summed E-state index contributed by atoms with van der Waals surface area (Å²) in [6, 6.07) is 0. The smallest absolute Gasteiger partial charge is 0.150 e. The van der Waals surface area contributed by atoms with E-state index in [1.807, 2.05) is 0 Å². The second-order valence-electron chi connectivity index (χ2n) is 4.36. The van der Waals surface area contributed by atoms with Crippen molar-refractivity contribution in [3.05, 3.63) is 12.3 Å². The highest BCUT2D eigenvalue weighted by Crippen LogP contribution is 2.21. The molecular formula is C12H21N5O3. The molecule has 1 aliphatic heterocycles. The molecule has 1 aliphatic rings. The van der Waals surface area contributed by atoms with Crippen molar-refractivity contribution in [2.75, 3.05) is 20.7 Å². The van der Waals surface area contributed by atoms with Crippen LogP contribution in [0.3, 0.4) is 0 Å². The average Bonchev–Trinajstić information content (AvgIpc) is 2.82. The summed E-state index contributed by atoms with van der Waals surface area (Å²) < 4.78 is 5.46. The largest absolute Gasteiger partial charge is 0.394 e. The Morgan fingerprint density at radius 3 is 2.85 bits per heavy atom. The normalized spacial score (nSPS) is 27.6. The van der Waals surface area contributed by atoms with Crippen molar-refractivity contribution in [1.29, 1.82) is 0 Å². The number of aliphatic imine (C=N–C) groups is 3. The molecule has 0 spiro atoms. The molecule has 1 saturated heterocycles. The van der Waals surface area contributed by atoms with Gasteiger partial charge in [-0.05, 0) is 0 Å². The summed E-state index contributed by atoms with van der Waals surface area (Å²) in [5.74, 6) is 0.167. The van der Waals surface area contributed by atoms with Gasteiger partial charge in [-0.1, -0.05) is 6.58 Å². The molecule has 0 aromatic heterocycles. The van der Waals surface area contributed by atoms with Gasteiger partial charge in [-0.3, -0.25) is 4.99 Å². The summed E-state index contributed by atoms with van der Waals surface area (Å²) in [7, 11) is 3.33. The van der Waals surface area contributed by atoms with Crippen LogP contribution in [0.15, 0.2) is 27.3 Å². The number of ether oxygens (including phenoxy) is 1. The number of hydrogen-bond acceptors (Lipinski definition) is 5. The Bertz CT molecular complexity index is 421. The van der Waals surface area contributed by atoms with Crippen LogP contribution in [-0.4, -0.2) is 72.8 Å². The predicted molar refractivity (Wildman–Crippen MR) is 77.8 cm³/mol. The van der Waals surface area contributed by atoms with Crippen molar-refractivity contribution in [2.24, 2.45) is 20.7 Å².